The Morgan fingerprint density at radius 3 is 2.74 bits per heavy atom. The number of nitrogens with one attached hydrogen (secondary N) is 1. The maximum atomic E-state index is 13.8. The van der Waals surface area contributed by atoms with Crippen molar-refractivity contribution < 1.29 is 12.8 Å². The Labute approximate surface area is 113 Å². The van der Waals surface area contributed by atoms with E-state index in [1.54, 1.807) is 0 Å². The van der Waals surface area contributed by atoms with Crippen molar-refractivity contribution in [1.82, 2.24) is 4.72 Å². The second kappa shape index (κ2) is 7.24. The molecule has 1 aromatic carbocycles. The molecule has 104 valence electrons. The molecule has 0 amide bonds. The zero-order chi connectivity index (χ0) is 14.3. The summed E-state index contributed by atoms with van der Waals surface area (Å²) in [7, 11) is -3.80. The van der Waals surface area contributed by atoms with Gasteiger partial charge in [0, 0.05) is 12.1 Å². The molecule has 0 fully saturated rings. The number of rotatable bonds is 5. The summed E-state index contributed by atoms with van der Waals surface area (Å²) < 4.78 is 39.8. The fourth-order valence-corrected chi connectivity index (χ4v) is 2.54. The van der Waals surface area contributed by atoms with Crippen LogP contribution in [-0.4, -0.2) is 21.5 Å². The molecule has 19 heavy (non-hydrogen) atoms. The van der Waals surface area contributed by atoms with Crippen LogP contribution in [0.25, 0.3) is 0 Å². The molecule has 6 heteroatoms. The molecule has 0 aliphatic rings. The topological polar surface area (TPSA) is 72.2 Å². The molecule has 0 aliphatic heterocycles. The standard InChI is InChI=1S/C13H17FN2O2S/c1-2-3-9-16-19(17,18)13-7-6-11(5-4-8-15)10-12(13)14/h6-7,10,16H,2-3,8-9,15H2,1H3. The molecule has 0 radical (unpaired) electrons. The fraction of sp³-hybridized carbons (Fsp3) is 0.385. The summed E-state index contributed by atoms with van der Waals surface area (Å²) in [5.74, 6) is 4.41. The summed E-state index contributed by atoms with van der Waals surface area (Å²) in [6.45, 7) is 2.41. The summed E-state index contributed by atoms with van der Waals surface area (Å²) >= 11 is 0. The predicted molar refractivity (Wildman–Crippen MR) is 72.4 cm³/mol. The first-order valence-electron chi connectivity index (χ1n) is 5.99. The zero-order valence-electron chi connectivity index (χ0n) is 10.7. The maximum Gasteiger partial charge on any atom is 0.243 e. The molecular weight excluding hydrogens is 267 g/mol. The third-order valence-electron chi connectivity index (χ3n) is 2.38. The minimum atomic E-state index is -3.80. The lowest BCUT2D eigenvalue weighted by Gasteiger charge is -2.07. The van der Waals surface area contributed by atoms with Crippen molar-refractivity contribution >= 4 is 10.0 Å². The second-order valence-electron chi connectivity index (χ2n) is 3.90. The van der Waals surface area contributed by atoms with Crippen LogP contribution in [0.4, 0.5) is 4.39 Å². The summed E-state index contributed by atoms with van der Waals surface area (Å²) in [6.07, 6.45) is 1.57. The van der Waals surface area contributed by atoms with Crippen LogP contribution in [0.15, 0.2) is 23.1 Å². The molecule has 3 N–H and O–H groups in total. The van der Waals surface area contributed by atoms with Crippen molar-refractivity contribution in [2.75, 3.05) is 13.1 Å². The number of unbranched alkanes of at least 4 members (excludes halogenated alkanes) is 1. The quantitative estimate of drug-likeness (QED) is 0.630. The van der Waals surface area contributed by atoms with Gasteiger partial charge in [-0.3, -0.25) is 0 Å². The molecule has 0 spiro atoms. The largest absolute Gasteiger partial charge is 0.320 e. The van der Waals surface area contributed by atoms with Crippen molar-refractivity contribution in [3.63, 3.8) is 0 Å². The van der Waals surface area contributed by atoms with E-state index in [9.17, 15) is 12.8 Å². The summed E-state index contributed by atoms with van der Waals surface area (Å²) in [5, 5.41) is 0. The molecule has 4 nitrogen and oxygen atoms in total. The van der Waals surface area contributed by atoms with Crippen LogP contribution in [0.1, 0.15) is 25.3 Å². The monoisotopic (exact) mass is 284 g/mol. The van der Waals surface area contributed by atoms with E-state index in [1.807, 2.05) is 6.92 Å². The Morgan fingerprint density at radius 1 is 1.42 bits per heavy atom. The SMILES string of the molecule is CCCCNS(=O)(=O)c1ccc(C#CCN)cc1F. The number of nitrogens with two attached hydrogens (primary N) is 1. The Bertz CT molecular complexity index is 588. The van der Waals surface area contributed by atoms with Gasteiger partial charge in [-0.2, -0.15) is 0 Å². The first-order chi connectivity index (χ1) is 9.01. The van der Waals surface area contributed by atoms with Crippen LogP contribution in [0.5, 0.6) is 0 Å². The van der Waals surface area contributed by atoms with Gasteiger partial charge in [0.15, 0.2) is 0 Å². The van der Waals surface area contributed by atoms with Crippen LogP contribution >= 0.6 is 0 Å². The van der Waals surface area contributed by atoms with Gasteiger partial charge in [-0.25, -0.2) is 17.5 Å². The average Bonchev–Trinajstić information content (AvgIpc) is 2.36. The highest BCUT2D eigenvalue weighted by molar-refractivity contribution is 7.89. The third kappa shape index (κ3) is 4.63. The van der Waals surface area contributed by atoms with Gasteiger partial charge < -0.3 is 5.73 Å². The highest BCUT2D eigenvalue weighted by atomic mass is 32.2. The Kier molecular flexibility index (Phi) is 5.96. The van der Waals surface area contributed by atoms with Crippen molar-refractivity contribution in [1.29, 1.82) is 0 Å². The molecule has 0 atom stereocenters. The Balaban J connectivity index is 2.95. The van der Waals surface area contributed by atoms with E-state index in [0.717, 1.165) is 12.5 Å². The van der Waals surface area contributed by atoms with Crippen LogP contribution < -0.4 is 10.5 Å². The predicted octanol–water partition coefficient (Wildman–Crippen LogP) is 1.21. The normalized spacial score (nSPS) is 10.9. The second-order valence-corrected chi connectivity index (χ2v) is 5.64. The number of benzene rings is 1. The van der Waals surface area contributed by atoms with Gasteiger partial charge >= 0.3 is 0 Å². The highest BCUT2D eigenvalue weighted by Gasteiger charge is 2.18. The van der Waals surface area contributed by atoms with Crippen molar-refractivity contribution in [2.45, 2.75) is 24.7 Å². The van der Waals surface area contributed by atoms with Crippen LogP contribution in [-0.2, 0) is 10.0 Å². The summed E-state index contributed by atoms with van der Waals surface area (Å²) in [6, 6.07) is 3.77. The van der Waals surface area contributed by atoms with E-state index in [4.69, 9.17) is 5.73 Å². The fourth-order valence-electron chi connectivity index (χ4n) is 1.41. The van der Waals surface area contributed by atoms with E-state index in [2.05, 4.69) is 16.6 Å². The molecule has 0 heterocycles. The van der Waals surface area contributed by atoms with E-state index < -0.39 is 15.8 Å². The van der Waals surface area contributed by atoms with Crippen LogP contribution in [0.3, 0.4) is 0 Å². The first kappa shape index (κ1) is 15.6. The average molecular weight is 284 g/mol. The van der Waals surface area contributed by atoms with Gasteiger partial charge in [0.25, 0.3) is 0 Å². The van der Waals surface area contributed by atoms with Crippen molar-refractivity contribution in [3.05, 3.63) is 29.6 Å². The lowest BCUT2D eigenvalue weighted by molar-refractivity contribution is 0.555. The minimum absolute atomic E-state index is 0.167. The van der Waals surface area contributed by atoms with Gasteiger partial charge in [0.2, 0.25) is 10.0 Å². The van der Waals surface area contributed by atoms with E-state index >= 15 is 0 Å². The van der Waals surface area contributed by atoms with Gasteiger partial charge in [-0.05, 0) is 24.6 Å². The highest BCUT2D eigenvalue weighted by Crippen LogP contribution is 2.15. The van der Waals surface area contributed by atoms with Crippen LogP contribution in [0.2, 0.25) is 0 Å². The first-order valence-corrected chi connectivity index (χ1v) is 7.47. The molecule has 0 aromatic heterocycles. The Hall–Kier alpha value is -1.42. The molecule has 0 aliphatic carbocycles. The number of hydrogen-bond acceptors (Lipinski definition) is 3. The van der Waals surface area contributed by atoms with Crippen molar-refractivity contribution in [2.24, 2.45) is 5.73 Å². The molecular formula is C13H17FN2O2S. The number of sulfonamides is 1. The van der Waals surface area contributed by atoms with E-state index in [-0.39, 0.29) is 11.4 Å². The van der Waals surface area contributed by atoms with Gasteiger partial charge in [-0.1, -0.05) is 25.2 Å². The maximum absolute atomic E-state index is 13.8. The van der Waals surface area contributed by atoms with E-state index in [0.29, 0.717) is 18.5 Å². The molecule has 0 saturated heterocycles. The van der Waals surface area contributed by atoms with Gasteiger partial charge in [-0.15, -0.1) is 0 Å². The van der Waals surface area contributed by atoms with Crippen molar-refractivity contribution in [3.8, 4) is 11.8 Å². The molecule has 0 saturated carbocycles. The summed E-state index contributed by atoms with van der Waals surface area (Å²) in [5.41, 5.74) is 5.61. The number of halogens is 1. The lowest BCUT2D eigenvalue weighted by Crippen LogP contribution is -2.25. The molecule has 0 bridgehead atoms. The lowest BCUT2D eigenvalue weighted by atomic mass is 10.2. The molecule has 1 aromatic rings. The number of hydrogen-bond donors (Lipinski definition) is 2. The zero-order valence-corrected chi connectivity index (χ0v) is 11.6. The van der Waals surface area contributed by atoms with E-state index in [1.165, 1.54) is 12.1 Å². The molecule has 0 unspecified atom stereocenters. The minimum Gasteiger partial charge on any atom is -0.320 e. The van der Waals surface area contributed by atoms with Gasteiger partial charge in [0.05, 0.1) is 6.54 Å². The summed E-state index contributed by atoms with van der Waals surface area (Å²) in [4.78, 5) is -0.359. The Morgan fingerprint density at radius 2 is 2.16 bits per heavy atom. The molecule has 1 rings (SSSR count). The third-order valence-corrected chi connectivity index (χ3v) is 3.87. The smallest absolute Gasteiger partial charge is 0.243 e. The van der Waals surface area contributed by atoms with Crippen LogP contribution in [0, 0.1) is 17.7 Å². The van der Waals surface area contributed by atoms with Gasteiger partial charge in [0.1, 0.15) is 10.7 Å².